The minimum Gasteiger partial charge on any atom is -0.456 e. The Bertz CT molecular complexity index is 2650. The summed E-state index contributed by atoms with van der Waals surface area (Å²) in [7, 11) is 0. The van der Waals surface area contributed by atoms with E-state index in [0.717, 1.165) is 89.5 Å². The minimum atomic E-state index is 0.837. The summed E-state index contributed by atoms with van der Waals surface area (Å²) in [5.41, 5.74) is 10.4. The zero-order valence-corrected chi connectivity index (χ0v) is 27.0. The Morgan fingerprint density at radius 3 is 1.66 bits per heavy atom. The molecule has 0 spiro atoms. The van der Waals surface area contributed by atoms with Gasteiger partial charge < -0.3 is 19.0 Å². The molecular formula is C46H30N2O2. The van der Waals surface area contributed by atoms with Crippen molar-refractivity contribution in [3.8, 4) is 22.6 Å². The molecule has 0 atom stereocenters. The number of benzene rings is 8. The molecule has 9 aromatic rings. The van der Waals surface area contributed by atoms with Crippen molar-refractivity contribution >= 4 is 66.8 Å². The number of hydrogen-bond donors (Lipinski definition) is 0. The zero-order valence-electron chi connectivity index (χ0n) is 27.0. The first-order chi connectivity index (χ1) is 24.8. The van der Waals surface area contributed by atoms with Gasteiger partial charge in [0.25, 0.3) is 0 Å². The lowest BCUT2D eigenvalue weighted by molar-refractivity contribution is 0.487. The first kappa shape index (κ1) is 28.3. The molecule has 4 nitrogen and oxygen atoms in total. The molecular weight excluding hydrogens is 613 g/mol. The average molecular weight is 643 g/mol. The second-order valence-electron chi connectivity index (χ2n) is 12.5. The Kier molecular flexibility index (Phi) is 6.46. The molecule has 0 saturated carbocycles. The van der Waals surface area contributed by atoms with E-state index in [1.165, 1.54) is 0 Å². The van der Waals surface area contributed by atoms with E-state index >= 15 is 0 Å². The fourth-order valence-corrected chi connectivity index (χ4v) is 7.40. The van der Waals surface area contributed by atoms with Gasteiger partial charge in [-0.05, 0) is 90.5 Å². The monoisotopic (exact) mass is 642 g/mol. The van der Waals surface area contributed by atoms with Crippen molar-refractivity contribution in [1.82, 2.24) is 0 Å². The van der Waals surface area contributed by atoms with Crippen LogP contribution in [0.5, 0.6) is 11.5 Å². The molecule has 1 aromatic heterocycles. The summed E-state index contributed by atoms with van der Waals surface area (Å²) in [6, 6.07) is 63.6. The molecule has 4 heteroatoms. The van der Waals surface area contributed by atoms with Crippen LogP contribution in [0.25, 0.3) is 43.8 Å². The Balaban J connectivity index is 1.13. The molecule has 0 N–H and O–H groups in total. The Hall–Kier alpha value is -6.78. The maximum absolute atomic E-state index is 6.80. The van der Waals surface area contributed by atoms with Crippen molar-refractivity contribution in [3.05, 3.63) is 182 Å². The van der Waals surface area contributed by atoms with Crippen molar-refractivity contribution in [2.24, 2.45) is 0 Å². The van der Waals surface area contributed by atoms with Crippen molar-refractivity contribution in [2.75, 3.05) is 9.80 Å². The molecule has 0 saturated heterocycles. The second-order valence-corrected chi connectivity index (χ2v) is 12.5. The Morgan fingerprint density at radius 2 is 0.920 bits per heavy atom. The van der Waals surface area contributed by atoms with Gasteiger partial charge in [-0.1, -0.05) is 91.0 Å². The van der Waals surface area contributed by atoms with E-state index < -0.39 is 0 Å². The van der Waals surface area contributed by atoms with E-state index in [1.54, 1.807) is 0 Å². The predicted octanol–water partition coefficient (Wildman–Crippen LogP) is 13.5. The van der Waals surface area contributed by atoms with Gasteiger partial charge in [-0.25, -0.2) is 0 Å². The molecule has 0 fully saturated rings. The van der Waals surface area contributed by atoms with Crippen LogP contribution in [0.4, 0.5) is 34.1 Å². The summed E-state index contributed by atoms with van der Waals surface area (Å²) in [5.74, 6) is 1.68. The molecule has 2 heterocycles. The fraction of sp³-hybridized carbons (Fsp3) is 0. The average Bonchev–Trinajstić information content (AvgIpc) is 3.55. The van der Waals surface area contributed by atoms with E-state index in [9.17, 15) is 0 Å². The first-order valence-electron chi connectivity index (χ1n) is 16.8. The lowest BCUT2D eigenvalue weighted by atomic mass is 9.93. The first-order valence-corrected chi connectivity index (χ1v) is 16.8. The summed E-state index contributed by atoms with van der Waals surface area (Å²) in [6.07, 6.45) is 0. The summed E-state index contributed by atoms with van der Waals surface area (Å²) in [6.45, 7) is 0. The normalized spacial score (nSPS) is 11.8. The number of furan rings is 1. The molecule has 236 valence electrons. The number of hydrogen-bond acceptors (Lipinski definition) is 4. The summed E-state index contributed by atoms with van der Waals surface area (Å²) in [5, 5.41) is 4.42. The van der Waals surface area contributed by atoms with Gasteiger partial charge in [-0.15, -0.1) is 0 Å². The zero-order chi connectivity index (χ0) is 33.0. The van der Waals surface area contributed by atoms with Crippen LogP contribution < -0.4 is 14.5 Å². The van der Waals surface area contributed by atoms with Crippen molar-refractivity contribution in [3.63, 3.8) is 0 Å². The Labute approximate surface area is 289 Å². The van der Waals surface area contributed by atoms with Crippen LogP contribution in [0.1, 0.15) is 0 Å². The molecule has 1 aliphatic rings. The van der Waals surface area contributed by atoms with Crippen LogP contribution in [0.2, 0.25) is 0 Å². The molecule has 0 unspecified atom stereocenters. The van der Waals surface area contributed by atoms with E-state index in [-0.39, 0.29) is 0 Å². The van der Waals surface area contributed by atoms with Crippen LogP contribution >= 0.6 is 0 Å². The predicted molar refractivity (Wildman–Crippen MR) is 206 cm³/mol. The molecule has 1 aliphatic heterocycles. The Morgan fingerprint density at radius 1 is 0.340 bits per heavy atom. The number of fused-ring (bicyclic) bond motifs is 5. The molecule has 8 aromatic carbocycles. The van der Waals surface area contributed by atoms with E-state index in [0.29, 0.717) is 0 Å². The van der Waals surface area contributed by atoms with Gasteiger partial charge in [0.15, 0.2) is 0 Å². The van der Waals surface area contributed by atoms with Crippen molar-refractivity contribution in [2.45, 2.75) is 0 Å². The number of nitrogens with zero attached hydrogens (tertiary/aromatic N) is 2. The number of anilines is 6. The standard InChI is InChI=1S/C46H30N2O2/c1-4-13-31(14-5-1)47(32-15-6-2-7-16-32)35-23-25-37-38-26-27-41(39-20-12-22-44(46(38)39)50-45(37)30-35)48(33-17-8-3-9-18-33)34-24-28-43-40(29-34)36-19-10-11-21-42(36)49-43/h1-30H. The van der Waals surface area contributed by atoms with Crippen LogP contribution in [-0.4, -0.2) is 0 Å². The van der Waals surface area contributed by atoms with E-state index in [1.807, 2.05) is 24.3 Å². The van der Waals surface area contributed by atoms with Gasteiger partial charge in [0.2, 0.25) is 0 Å². The third-order valence-electron chi connectivity index (χ3n) is 9.62. The molecule has 0 radical (unpaired) electrons. The van der Waals surface area contributed by atoms with Crippen LogP contribution in [-0.2, 0) is 0 Å². The van der Waals surface area contributed by atoms with Gasteiger partial charge >= 0.3 is 0 Å². The van der Waals surface area contributed by atoms with E-state index in [4.69, 9.17) is 9.15 Å². The SMILES string of the molecule is c1ccc(N(c2ccccc2)c2ccc3c(c2)Oc2cccc4c(N(c5ccccc5)c5ccc6oc7ccccc7c6c5)ccc-3c24)cc1. The van der Waals surface area contributed by atoms with Crippen LogP contribution in [0.15, 0.2) is 186 Å². The van der Waals surface area contributed by atoms with Crippen LogP contribution in [0.3, 0.4) is 0 Å². The second kappa shape index (κ2) is 11.4. The number of rotatable bonds is 6. The molecule has 10 rings (SSSR count). The molecule has 0 amide bonds. The lowest BCUT2D eigenvalue weighted by Crippen LogP contribution is -2.11. The summed E-state index contributed by atoms with van der Waals surface area (Å²) < 4.78 is 13.0. The maximum atomic E-state index is 6.80. The molecule has 50 heavy (non-hydrogen) atoms. The highest BCUT2D eigenvalue weighted by atomic mass is 16.5. The van der Waals surface area contributed by atoms with E-state index in [2.05, 4.69) is 168 Å². The largest absolute Gasteiger partial charge is 0.456 e. The third kappa shape index (κ3) is 4.54. The van der Waals surface area contributed by atoms with Gasteiger partial charge in [0, 0.05) is 61.6 Å². The van der Waals surface area contributed by atoms with Gasteiger partial charge in [0.05, 0.1) is 5.69 Å². The van der Waals surface area contributed by atoms with Gasteiger partial charge in [-0.3, -0.25) is 0 Å². The molecule has 0 aliphatic carbocycles. The van der Waals surface area contributed by atoms with Crippen LogP contribution in [0, 0.1) is 0 Å². The highest BCUT2D eigenvalue weighted by Crippen LogP contribution is 2.52. The lowest BCUT2D eigenvalue weighted by Gasteiger charge is -2.30. The van der Waals surface area contributed by atoms with Crippen molar-refractivity contribution in [1.29, 1.82) is 0 Å². The third-order valence-corrected chi connectivity index (χ3v) is 9.62. The quantitative estimate of drug-likeness (QED) is 0.180. The maximum Gasteiger partial charge on any atom is 0.137 e. The van der Waals surface area contributed by atoms with Gasteiger partial charge in [0.1, 0.15) is 22.7 Å². The molecule has 0 bridgehead atoms. The smallest absolute Gasteiger partial charge is 0.137 e. The highest BCUT2D eigenvalue weighted by Gasteiger charge is 2.26. The summed E-state index contributed by atoms with van der Waals surface area (Å²) >= 11 is 0. The van der Waals surface area contributed by atoms with Crippen molar-refractivity contribution < 1.29 is 9.15 Å². The topological polar surface area (TPSA) is 28.9 Å². The number of para-hydroxylation sites is 4. The fourth-order valence-electron chi connectivity index (χ4n) is 7.40. The number of ether oxygens (including phenoxy) is 1. The summed E-state index contributed by atoms with van der Waals surface area (Å²) in [4.78, 5) is 4.60. The van der Waals surface area contributed by atoms with Gasteiger partial charge in [-0.2, -0.15) is 0 Å². The minimum absolute atomic E-state index is 0.837. The highest BCUT2D eigenvalue weighted by molar-refractivity contribution is 6.12.